The van der Waals surface area contributed by atoms with Gasteiger partial charge in [-0.1, -0.05) is 13.8 Å². The number of aryl methyl sites for hydroxylation is 1. The van der Waals surface area contributed by atoms with Crippen LogP contribution in [-0.4, -0.2) is 6.54 Å². The summed E-state index contributed by atoms with van der Waals surface area (Å²) in [6.07, 6.45) is 1.29. The van der Waals surface area contributed by atoms with E-state index in [0.29, 0.717) is 5.41 Å². The molecular weight excluding hydrogens is 190 g/mol. The Morgan fingerprint density at radius 2 is 2.36 bits per heavy atom. The van der Waals surface area contributed by atoms with E-state index in [2.05, 4.69) is 32.2 Å². The second-order valence-corrected chi connectivity index (χ2v) is 5.76. The standard InChI is InChI=1S/C12H19NS/c1-8(2)10-6-12(10,7-13)11-9(3)4-5-14-11/h4-5,8,10H,6-7,13H2,1-3H3. The minimum Gasteiger partial charge on any atom is -0.330 e. The Hall–Kier alpha value is -0.340. The van der Waals surface area contributed by atoms with Crippen LogP contribution >= 0.6 is 11.3 Å². The Balaban J connectivity index is 2.29. The highest BCUT2D eigenvalue weighted by molar-refractivity contribution is 7.10. The maximum Gasteiger partial charge on any atom is 0.0206 e. The number of thiophene rings is 1. The highest BCUT2D eigenvalue weighted by Gasteiger charge is 2.56. The molecule has 2 N–H and O–H groups in total. The van der Waals surface area contributed by atoms with E-state index in [0.717, 1.165) is 18.4 Å². The second kappa shape index (κ2) is 3.35. The summed E-state index contributed by atoms with van der Waals surface area (Å²) in [4.78, 5) is 1.54. The van der Waals surface area contributed by atoms with Gasteiger partial charge in [0.05, 0.1) is 0 Å². The van der Waals surface area contributed by atoms with Crippen molar-refractivity contribution in [1.29, 1.82) is 0 Å². The Kier molecular flexibility index (Phi) is 2.44. The van der Waals surface area contributed by atoms with Gasteiger partial charge in [-0.05, 0) is 42.2 Å². The quantitative estimate of drug-likeness (QED) is 0.814. The average Bonchev–Trinajstić information content (AvgIpc) is 2.76. The smallest absolute Gasteiger partial charge is 0.0206 e. The molecule has 0 bridgehead atoms. The molecule has 2 atom stereocenters. The van der Waals surface area contributed by atoms with Gasteiger partial charge in [-0.15, -0.1) is 11.3 Å². The third-order valence-electron chi connectivity index (χ3n) is 3.62. The van der Waals surface area contributed by atoms with Crippen LogP contribution in [-0.2, 0) is 5.41 Å². The monoisotopic (exact) mass is 209 g/mol. The van der Waals surface area contributed by atoms with Gasteiger partial charge in [-0.3, -0.25) is 0 Å². The van der Waals surface area contributed by atoms with Crippen LogP contribution in [0.4, 0.5) is 0 Å². The average molecular weight is 209 g/mol. The van der Waals surface area contributed by atoms with Gasteiger partial charge in [-0.2, -0.15) is 0 Å². The van der Waals surface area contributed by atoms with Gasteiger partial charge in [0, 0.05) is 16.8 Å². The fourth-order valence-electron chi connectivity index (χ4n) is 2.68. The van der Waals surface area contributed by atoms with E-state index >= 15 is 0 Å². The van der Waals surface area contributed by atoms with Crippen molar-refractivity contribution in [3.8, 4) is 0 Å². The molecule has 0 saturated heterocycles. The van der Waals surface area contributed by atoms with Crippen molar-refractivity contribution in [3.05, 3.63) is 21.9 Å². The molecule has 1 aliphatic rings. The fourth-order valence-corrected chi connectivity index (χ4v) is 3.89. The first-order valence-corrected chi connectivity index (χ1v) is 6.24. The van der Waals surface area contributed by atoms with Crippen LogP contribution in [0.1, 0.15) is 30.7 Å². The van der Waals surface area contributed by atoms with Gasteiger partial charge in [-0.25, -0.2) is 0 Å². The first-order chi connectivity index (χ1) is 6.62. The largest absolute Gasteiger partial charge is 0.330 e. The number of hydrogen-bond acceptors (Lipinski definition) is 2. The first-order valence-electron chi connectivity index (χ1n) is 5.36. The van der Waals surface area contributed by atoms with Crippen molar-refractivity contribution >= 4 is 11.3 Å². The van der Waals surface area contributed by atoms with Gasteiger partial charge in [0.1, 0.15) is 0 Å². The zero-order valence-electron chi connectivity index (χ0n) is 9.21. The van der Waals surface area contributed by atoms with Crippen molar-refractivity contribution < 1.29 is 0 Å². The van der Waals surface area contributed by atoms with Crippen LogP contribution in [0.3, 0.4) is 0 Å². The van der Waals surface area contributed by atoms with Gasteiger partial charge in [0.15, 0.2) is 0 Å². The molecule has 2 unspecified atom stereocenters. The highest BCUT2D eigenvalue weighted by atomic mass is 32.1. The summed E-state index contributed by atoms with van der Waals surface area (Å²) in [6, 6.07) is 2.22. The summed E-state index contributed by atoms with van der Waals surface area (Å²) in [6.45, 7) is 7.65. The molecule has 78 valence electrons. The zero-order valence-corrected chi connectivity index (χ0v) is 10.0. The molecule has 0 radical (unpaired) electrons. The van der Waals surface area contributed by atoms with Crippen LogP contribution in [0, 0.1) is 18.8 Å². The van der Waals surface area contributed by atoms with Gasteiger partial charge < -0.3 is 5.73 Å². The SMILES string of the molecule is Cc1ccsc1C1(CN)CC1C(C)C. The molecule has 2 rings (SSSR count). The summed E-state index contributed by atoms with van der Waals surface area (Å²) < 4.78 is 0. The Bertz CT molecular complexity index is 329. The van der Waals surface area contributed by atoms with E-state index in [1.54, 1.807) is 4.88 Å². The highest BCUT2D eigenvalue weighted by Crippen LogP contribution is 2.59. The third kappa shape index (κ3) is 1.32. The molecular formula is C12H19NS. The first kappa shape index (κ1) is 10.2. The Morgan fingerprint density at radius 1 is 1.64 bits per heavy atom. The number of nitrogens with two attached hydrogens (primary N) is 1. The van der Waals surface area contributed by atoms with E-state index in [4.69, 9.17) is 5.73 Å². The molecule has 1 aromatic rings. The summed E-state index contributed by atoms with van der Waals surface area (Å²) in [5.74, 6) is 1.57. The maximum absolute atomic E-state index is 5.96. The maximum atomic E-state index is 5.96. The van der Waals surface area contributed by atoms with Crippen LogP contribution in [0.15, 0.2) is 11.4 Å². The van der Waals surface area contributed by atoms with Crippen molar-refractivity contribution in [2.75, 3.05) is 6.54 Å². The molecule has 1 heterocycles. The molecule has 0 amide bonds. The van der Waals surface area contributed by atoms with Gasteiger partial charge >= 0.3 is 0 Å². The lowest BCUT2D eigenvalue weighted by atomic mass is 9.94. The minimum absolute atomic E-state index is 0.340. The van der Waals surface area contributed by atoms with Crippen molar-refractivity contribution in [2.24, 2.45) is 17.6 Å². The molecule has 0 spiro atoms. The fraction of sp³-hybridized carbons (Fsp3) is 0.667. The van der Waals surface area contributed by atoms with E-state index in [-0.39, 0.29) is 0 Å². The number of rotatable bonds is 3. The van der Waals surface area contributed by atoms with E-state index in [1.165, 1.54) is 12.0 Å². The van der Waals surface area contributed by atoms with Crippen molar-refractivity contribution in [1.82, 2.24) is 0 Å². The van der Waals surface area contributed by atoms with E-state index < -0.39 is 0 Å². The Labute approximate surface area is 90.3 Å². The summed E-state index contributed by atoms with van der Waals surface area (Å²) in [7, 11) is 0. The molecule has 1 aliphatic carbocycles. The Morgan fingerprint density at radius 3 is 2.71 bits per heavy atom. The lowest BCUT2D eigenvalue weighted by Gasteiger charge is -2.16. The molecule has 1 fully saturated rings. The van der Waals surface area contributed by atoms with Crippen LogP contribution in [0.2, 0.25) is 0 Å². The van der Waals surface area contributed by atoms with Crippen LogP contribution in [0.5, 0.6) is 0 Å². The van der Waals surface area contributed by atoms with Gasteiger partial charge in [0.2, 0.25) is 0 Å². The van der Waals surface area contributed by atoms with Crippen LogP contribution < -0.4 is 5.73 Å². The molecule has 14 heavy (non-hydrogen) atoms. The lowest BCUT2D eigenvalue weighted by molar-refractivity contribution is 0.487. The van der Waals surface area contributed by atoms with Crippen molar-refractivity contribution in [3.63, 3.8) is 0 Å². The van der Waals surface area contributed by atoms with Crippen molar-refractivity contribution in [2.45, 2.75) is 32.6 Å². The third-order valence-corrected chi connectivity index (χ3v) is 4.85. The summed E-state index contributed by atoms with van der Waals surface area (Å²) in [5.41, 5.74) is 7.74. The molecule has 0 aromatic carbocycles. The molecule has 1 aromatic heterocycles. The lowest BCUT2D eigenvalue weighted by Crippen LogP contribution is -2.23. The predicted molar refractivity (Wildman–Crippen MR) is 62.7 cm³/mol. The molecule has 2 heteroatoms. The molecule has 1 saturated carbocycles. The second-order valence-electron chi connectivity index (χ2n) is 4.85. The normalized spacial score (nSPS) is 31.1. The summed E-state index contributed by atoms with van der Waals surface area (Å²) in [5, 5.41) is 2.19. The molecule has 1 nitrogen and oxygen atoms in total. The van der Waals surface area contributed by atoms with Crippen LogP contribution in [0.25, 0.3) is 0 Å². The van der Waals surface area contributed by atoms with E-state index in [9.17, 15) is 0 Å². The zero-order chi connectivity index (χ0) is 10.3. The summed E-state index contributed by atoms with van der Waals surface area (Å²) >= 11 is 1.88. The van der Waals surface area contributed by atoms with E-state index in [1.807, 2.05) is 11.3 Å². The number of hydrogen-bond donors (Lipinski definition) is 1. The topological polar surface area (TPSA) is 26.0 Å². The van der Waals surface area contributed by atoms with Gasteiger partial charge in [0.25, 0.3) is 0 Å². The molecule has 0 aliphatic heterocycles. The minimum atomic E-state index is 0.340. The predicted octanol–water partition coefficient (Wildman–Crippen LogP) is 2.93.